The molecule has 1 aromatic heterocycles. The van der Waals surface area contributed by atoms with E-state index >= 15 is 0 Å². The highest BCUT2D eigenvalue weighted by atomic mass is 35.5. The zero-order valence-corrected chi connectivity index (χ0v) is 14.5. The summed E-state index contributed by atoms with van der Waals surface area (Å²) in [5.41, 5.74) is 2.87. The van der Waals surface area contributed by atoms with E-state index in [1.54, 1.807) is 18.3 Å². The summed E-state index contributed by atoms with van der Waals surface area (Å²) >= 11 is 0. The molecule has 1 atom stereocenters. The quantitative estimate of drug-likeness (QED) is 0.915. The number of halogens is 3. The lowest BCUT2D eigenvalue weighted by Gasteiger charge is -2.36. The third-order valence-electron chi connectivity index (χ3n) is 3.79. The number of aromatic nitrogens is 2. The number of hydrogen-bond donors (Lipinski definition) is 1. The van der Waals surface area contributed by atoms with E-state index in [0.29, 0.717) is 0 Å². The van der Waals surface area contributed by atoms with E-state index in [1.165, 1.54) is 6.07 Å². The van der Waals surface area contributed by atoms with Gasteiger partial charge in [-0.2, -0.15) is 0 Å². The number of aryl methyl sites for hydroxylation is 1. The topological polar surface area (TPSA) is 41.1 Å². The van der Waals surface area contributed by atoms with Crippen molar-refractivity contribution in [3.8, 4) is 0 Å². The van der Waals surface area contributed by atoms with Crippen molar-refractivity contribution in [3.05, 3.63) is 59.4 Å². The number of rotatable bonds is 3. The molecular formula is C16H21Cl2FN4. The minimum atomic E-state index is -0.187. The Hall–Kier alpha value is -1.27. The second kappa shape index (κ2) is 9.13. The fourth-order valence-corrected chi connectivity index (χ4v) is 2.69. The minimum absolute atomic E-state index is 0. The van der Waals surface area contributed by atoms with Crippen LogP contribution in [0.25, 0.3) is 0 Å². The Labute approximate surface area is 148 Å². The molecule has 1 fully saturated rings. The molecule has 0 spiro atoms. The second-order valence-electron chi connectivity index (χ2n) is 5.39. The van der Waals surface area contributed by atoms with Crippen LogP contribution in [0.1, 0.15) is 23.0 Å². The molecule has 1 aliphatic rings. The largest absolute Gasteiger partial charge is 0.314 e. The number of benzene rings is 1. The first kappa shape index (κ1) is 19.8. The number of hydrogen-bond acceptors (Lipinski definition) is 4. The van der Waals surface area contributed by atoms with Gasteiger partial charge in [0.05, 0.1) is 11.4 Å². The van der Waals surface area contributed by atoms with Gasteiger partial charge in [-0.25, -0.2) is 4.39 Å². The van der Waals surface area contributed by atoms with Crippen molar-refractivity contribution in [2.24, 2.45) is 0 Å². The van der Waals surface area contributed by atoms with Crippen LogP contribution in [0.3, 0.4) is 0 Å². The average molecular weight is 359 g/mol. The smallest absolute Gasteiger partial charge is 0.123 e. The molecule has 126 valence electrons. The Morgan fingerprint density at radius 2 is 2.09 bits per heavy atom. The predicted molar refractivity (Wildman–Crippen MR) is 93.7 cm³/mol. The summed E-state index contributed by atoms with van der Waals surface area (Å²) in [7, 11) is 0. The Morgan fingerprint density at radius 1 is 1.26 bits per heavy atom. The van der Waals surface area contributed by atoms with Gasteiger partial charge in [-0.05, 0) is 24.6 Å². The maximum atomic E-state index is 13.5. The van der Waals surface area contributed by atoms with Crippen LogP contribution in [-0.2, 0) is 6.54 Å². The first-order valence-corrected chi connectivity index (χ1v) is 7.20. The van der Waals surface area contributed by atoms with E-state index in [2.05, 4.69) is 20.2 Å². The Kier molecular flexibility index (Phi) is 7.85. The van der Waals surface area contributed by atoms with Gasteiger partial charge in [0.15, 0.2) is 0 Å². The van der Waals surface area contributed by atoms with E-state index in [-0.39, 0.29) is 36.7 Å². The highest BCUT2D eigenvalue weighted by Crippen LogP contribution is 2.24. The molecular weight excluding hydrogens is 338 g/mol. The van der Waals surface area contributed by atoms with Gasteiger partial charge < -0.3 is 5.32 Å². The van der Waals surface area contributed by atoms with Gasteiger partial charge in [0.2, 0.25) is 0 Å². The van der Waals surface area contributed by atoms with Crippen LogP contribution in [0.2, 0.25) is 0 Å². The lowest BCUT2D eigenvalue weighted by molar-refractivity contribution is 0.151. The summed E-state index contributed by atoms with van der Waals surface area (Å²) in [6.45, 7) is 5.33. The first-order valence-electron chi connectivity index (χ1n) is 7.20. The molecule has 0 amide bonds. The number of piperazine rings is 1. The van der Waals surface area contributed by atoms with Gasteiger partial charge in [0.25, 0.3) is 0 Å². The van der Waals surface area contributed by atoms with Crippen LogP contribution < -0.4 is 5.32 Å². The highest BCUT2D eigenvalue weighted by molar-refractivity contribution is 5.85. The van der Waals surface area contributed by atoms with Crippen molar-refractivity contribution >= 4 is 24.8 Å². The minimum Gasteiger partial charge on any atom is -0.314 e. The maximum Gasteiger partial charge on any atom is 0.123 e. The van der Waals surface area contributed by atoms with Crippen molar-refractivity contribution < 1.29 is 4.39 Å². The Morgan fingerprint density at radius 3 is 2.78 bits per heavy atom. The molecule has 7 heteroatoms. The molecule has 0 aliphatic carbocycles. The fraction of sp³-hybridized carbons (Fsp3) is 0.375. The van der Waals surface area contributed by atoms with Gasteiger partial charge in [0, 0.05) is 44.6 Å². The van der Waals surface area contributed by atoms with E-state index in [9.17, 15) is 4.39 Å². The van der Waals surface area contributed by atoms with Gasteiger partial charge in [-0.3, -0.25) is 14.9 Å². The van der Waals surface area contributed by atoms with Crippen LogP contribution in [0.5, 0.6) is 0 Å². The number of nitrogens with one attached hydrogen (secondary N) is 1. The van der Waals surface area contributed by atoms with E-state index in [4.69, 9.17) is 0 Å². The lowest BCUT2D eigenvalue weighted by atomic mass is 10.0. The lowest BCUT2D eigenvalue weighted by Crippen LogP contribution is -2.45. The molecule has 23 heavy (non-hydrogen) atoms. The molecule has 1 saturated heterocycles. The van der Waals surface area contributed by atoms with Crippen molar-refractivity contribution in [2.75, 3.05) is 19.6 Å². The van der Waals surface area contributed by atoms with Gasteiger partial charge >= 0.3 is 0 Å². The van der Waals surface area contributed by atoms with Crippen molar-refractivity contribution in [1.29, 1.82) is 0 Å². The zero-order valence-electron chi connectivity index (χ0n) is 12.9. The first-order chi connectivity index (χ1) is 10.2. The van der Waals surface area contributed by atoms with Crippen LogP contribution in [0, 0.1) is 12.7 Å². The maximum absolute atomic E-state index is 13.5. The Bertz CT molecular complexity index is 609. The van der Waals surface area contributed by atoms with Crippen LogP contribution in [-0.4, -0.2) is 34.5 Å². The van der Waals surface area contributed by atoms with Crippen LogP contribution in [0.4, 0.5) is 4.39 Å². The van der Waals surface area contributed by atoms with Gasteiger partial charge in [-0.15, -0.1) is 24.8 Å². The van der Waals surface area contributed by atoms with E-state index in [0.717, 1.165) is 43.1 Å². The average Bonchev–Trinajstić information content (AvgIpc) is 2.50. The fourth-order valence-electron chi connectivity index (χ4n) is 2.69. The summed E-state index contributed by atoms with van der Waals surface area (Å²) < 4.78 is 13.5. The van der Waals surface area contributed by atoms with Crippen LogP contribution >= 0.6 is 24.8 Å². The van der Waals surface area contributed by atoms with Gasteiger partial charge in [-0.1, -0.05) is 12.1 Å². The molecule has 1 N–H and O–H groups in total. The summed E-state index contributed by atoms with van der Waals surface area (Å²) in [6.07, 6.45) is 3.61. The highest BCUT2D eigenvalue weighted by Gasteiger charge is 2.24. The summed E-state index contributed by atoms with van der Waals surface area (Å²) in [5.74, 6) is -0.187. The van der Waals surface area contributed by atoms with Gasteiger partial charge in [0.1, 0.15) is 5.82 Å². The van der Waals surface area contributed by atoms with Crippen LogP contribution in [0.15, 0.2) is 36.7 Å². The third kappa shape index (κ3) is 5.11. The van der Waals surface area contributed by atoms with E-state index < -0.39 is 0 Å². The molecule has 0 bridgehead atoms. The molecule has 1 aliphatic heterocycles. The Balaban J connectivity index is 0.00000132. The van der Waals surface area contributed by atoms with E-state index in [1.807, 2.05) is 19.2 Å². The standard InChI is InChI=1S/C16H19FN4.2ClH/c1-12-8-20-15(9-19-12)11-21-6-5-18-10-16(21)13-3-2-4-14(17)7-13;;/h2-4,7-9,16,18H,5-6,10-11H2,1H3;2*1H. The summed E-state index contributed by atoms with van der Waals surface area (Å²) in [5, 5.41) is 3.38. The predicted octanol–water partition coefficient (Wildman–Crippen LogP) is 2.91. The molecule has 1 unspecified atom stereocenters. The summed E-state index contributed by atoms with van der Waals surface area (Å²) in [4.78, 5) is 11.0. The molecule has 2 aromatic rings. The molecule has 2 heterocycles. The molecule has 3 rings (SSSR count). The third-order valence-corrected chi connectivity index (χ3v) is 3.79. The molecule has 0 radical (unpaired) electrons. The van der Waals surface area contributed by atoms with Crippen molar-refractivity contribution in [3.63, 3.8) is 0 Å². The summed E-state index contributed by atoms with van der Waals surface area (Å²) in [6, 6.07) is 7.01. The molecule has 4 nitrogen and oxygen atoms in total. The molecule has 0 saturated carbocycles. The normalized spacial score (nSPS) is 17.9. The zero-order chi connectivity index (χ0) is 14.7. The number of nitrogens with zero attached hydrogens (tertiary/aromatic N) is 3. The van der Waals surface area contributed by atoms with Crippen molar-refractivity contribution in [2.45, 2.75) is 19.5 Å². The molecule has 1 aromatic carbocycles. The monoisotopic (exact) mass is 358 g/mol. The SMILES string of the molecule is Cc1cnc(CN2CCNCC2c2cccc(F)c2)cn1.Cl.Cl. The second-order valence-corrected chi connectivity index (χ2v) is 5.39. The van der Waals surface area contributed by atoms with Crippen molar-refractivity contribution in [1.82, 2.24) is 20.2 Å².